The van der Waals surface area contributed by atoms with E-state index in [9.17, 15) is 0 Å². The summed E-state index contributed by atoms with van der Waals surface area (Å²) in [6, 6.07) is 14.6. The van der Waals surface area contributed by atoms with Crippen LogP contribution in [0.3, 0.4) is 0 Å². The highest BCUT2D eigenvalue weighted by Gasteiger charge is 2.05. The molecule has 4 heteroatoms. The van der Waals surface area contributed by atoms with Gasteiger partial charge in [0.05, 0.1) is 5.36 Å². The van der Waals surface area contributed by atoms with Crippen molar-refractivity contribution in [3.8, 4) is 0 Å². The van der Waals surface area contributed by atoms with Gasteiger partial charge in [-0.3, -0.25) is 4.99 Å². The summed E-state index contributed by atoms with van der Waals surface area (Å²) < 4.78 is 2.51. The zero-order valence-corrected chi connectivity index (χ0v) is 15.8. The molecule has 1 aromatic heterocycles. The molecule has 0 saturated carbocycles. The Morgan fingerprint density at radius 3 is 2.54 bits per heavy atom. The molecule has 2 nitrogen and oxygen atoms in total. The number of fused-ring (bicyclic) bond motifs is 2. The molecule has 0 N–H and O–H groups in total. The Kier molecular flexibility index (Phi) is 5.88. The maximum absolute atomic E-state index is 6.24. The zero-order chi connectivity index (χ0) is 16.9. The summed E-state index contributed by atoms with van der Waals surface area (Å²) in [4.78, 5) is 7.41. The molecule has 0 unspecified atom stereocenters. The van der Waals surface area contributed by atoms with Crippen LogP contribution in [-0.4, -0.2) is 31.1 Å². The van der Waals surface area contributed by atoms with Gasteiger partial charge < -0.3 is 4.90 Å². The molecule has 1 heterocycles. The molecule has 0 bridgehead atoms. The van der Waals surface area contributed by atoms with Crippen LogP contribution < -0.4 is 5.36 Å². The average molecular weight is 359 g/mol. The van der Waals surface area contributed by atoms with Gasteiger partial charge in [0.25, 0.3) is 0 Å². The molecule has 0 aliphatic heterocycles. The SMILES string of the molecule is CCN(CC)CCC/N=c1\c2ccccc2sc2ccc(Cl)cc12. The van der Waals surface area contributed by atoms with Crippen LogP contribution in [0.4, 0.5) is 0 Å². The molecular formula is C20H23ClN2S. The number of rotatable bonds is 6. The molecule has 2 aromatic carbocycles. The summed E-state index contributed by atoms with van der Waals surface area (Å²) in [6.07, 6.45) is 1.08. The number of hydrogen-bond donors (Lipinski definition) is 0. The number of benzene rings is 2. The first-order chi connectivity index (χ1) is 11.7. The first-order valence-electron chi connectivity index (χ1n) is 8.57. The van der Waals surface area contributed by atoms with Crippen molar-refractivity contribution in [2.75, 3.05) is 26.2 Å². The van der Waals surface area contributed by atoms with Crippen molar-refractivity contribution < 1.29 is 0 Å². The minimum Gasteiger partial charge on any atom is -0.304 e. The molecule has 0 spiro atoms. The highest BCUT2D eigenvalue weighted by molar-refractivity contribution is 7.24. The van der Waals surface area contributed by atoms with Crippen molar-refractivity contribution in [2.24, 2.45) is 4.99 Å². The largest absolute Gasteiger partial charge is 0.304 e. The lowest BCUT2D eigenvalue weighted by molar-refractivity contribution is 0.301. The first-order valence-corrected chi connectivity index (χ1v) is 9.76. The Balaban J connectivity index is 2.02. The maximum Gasteiger partial charge on any atom is 0.0747 e. The predicted molar refractivity (Wildman–Crippen MR) is 107 cm³/mol. The quantitative estimate of drug-likeness (QED) is 0.429. The maximum atomic E-state index is 6.24. The lowest BCUT2D eigenvalue weighted by atomic mass is 10.2. The molecule has 126 valence electrons. The van der Waals surface area contributed by atoms with Crippen molar-refractivity contribution >= 4 is 43.1 Å². The molecule has 3 rings (SSSR count). The van der Waals surface area contributed by atoms with E-state index in [0.29, 0.717) is 0 Å². The zero-order valence-electron chi connectivity index (χ0n) is 14.3. The Morgan fingerprint density at radius 1 is 1.00 bits per heavy atom. The minimum absolute atomic E-state index is 0.768. The highest BCUT2D eigenvalue weighted by atomic mass is 35.5. The summed E-state index contributed by atoms with van der Waals surface area (Å²) in [7, 11) is 0. The van der Waals surface area contributed by atoms with Gasteiger partial charge in [-0.25, -0.2) is 0 Å². The van der Waals surface area contributed by atoms with Crippen LogP contribution in [0.1, 0.15) is 20.3 Å². The third-order valence-electron chi connectivity index (χ3n) is 4.36. The van der Waals surface area contributed by atoms with Gasteiger partial charge in [-0.05, 0) is 50.3 Å². The van der Waals surface area contributed by atoms with Crippen LogP contribution in [-0.2, 0) is 0 Å². The van der Waals surface area contributed by atoms with Gasteiger partial charge in [0.2, 0.25) is 0 Å². The number of halogens is 1. The smallest absolute Gasteiger partial charge is 0.0747 e. The van der Waals surface area contributed by atoms with Gasteiger partial charge >= 0.3 is 0 Å². The van der Waals surface area contributed by atoms with E-state index >= 15 is 0 Å². The summed E-state index contributed by atoms with van der Waals surface area (Å²) in [6.45, 7) is 8.57. The van der Waals surface area contributed by atoms with Crippen LogP contribution in [0, 0.1) is 0 Å². The third-order valence-corrected chi connectivity index (χ3v) is 5.74. The first kappa shape index (κ1) is 17.4. The van der Waals surface area contributed by atoms with Gasteiger partial charge in [0.1, 0.15) is 0 Å². The minimum atomic E-state index is 0.768. The summed E-state index contributed by atoms with van der Waals surface area (Å²) in [5.41, 5.74) is 0. The normalized spacial score (nSPS) is 12.6. The molecule has 0 fully saturated rings. The van der Waals surface area contributed by atoms with E-state index in [0.717, 1.165) is 48.4 Å². The highest BCUT2D eigenvalue weighted by Crippen LogP contribution is 2.26. The molecule has 0 amide bonds. The van der Waals surface area contributed by atoms with Crippen LogP contribution in [0.15, 0.2) is 47.5 Å². The summed E-state index contributed by atoms with van der Waals surface area (Å²) in [5, 5.41) is 4.24. The van der Waals surface area contributed by atoms with Gasteiger partial charge in [0.15, 0.2) is 0 Å². The van der Waals surface area contributed by atoms with Gasteiger partial charge in [-0.15, -0.1) is 11.3 Å². The number of hydrogen-bond acceptors (Lipinski definition) is 3. The van der Waals surface area contributed by atoms with Crippen LogP contribution in [0.5, 0.6) is 0 Å². The molecular weight excluding hydrogens is 336 g/mol. The van der Waals surface area contributed by atoms with Crippen molar-refractivity contribution in [3.05, 3.63) is 52.8 Å². The van der Waals surface area contributed by atoms with E-state index in [1.54, 1.807) is 11.3 Å². The van der Waals surface area contributed by atoms with Crippen molar-refractivity contribution in [1.82, 2.24) is 4.90 Å². The molecule has 0 saturated heterocycles. The summed E-state index contributed by atoms with van der Waals surface area (Å²) in [5.74, 6) is 0. The Bertz CT molecular complexity index is 897. The lowest BCUT2D eigenvalue weighted by Gasteiger charge is -2.16. The van der Waals surface area contributed by atoms with E-state index in [-0.39, 0.29) is 0 Å². The van der Waals surface area contributed by atoms with Crippen LogP contribution >= 0.6 is 22.9 Å². The molecule has 0 aliphatic rings. The standard InChI is InChI=1S/C20H23ClN2S/c1-3-23(4-2)13-7-12-22-20-16-8-5-6-9-18(16)24-19-11-10-15(21)14-17(19)20/h5-6,8-11,14H,3-4,7,12-13H2,1-2H3/b22-20+. The van der Waals surface area contributed by atoms with Crippen molar-refractivity contribution in [3.63, 3.8) is 0 Å². The fraction of sp³-hybridized carbons (Fsp3) is 0.350. The Hall–Kier alpha value is -1.42. The van der Waals surface area contributed by atoms with Crippen molar-refractivity contribution in [1.29, 1.82) is 0 Å². The van der Waals surface area contributed by atoms with E-state index < -0.39 is 0 Å². The van der Waals surface area contributed by atoms with Crippen molar-refractivity contribution in [2.45, 2.75) is 20.3 Å². The van der Waals surface area contributed by atoms with Gasteiger partial charge in [0, 0.05) is 31.7 Å². The average Bonchev–Trinajstić information content (AvgIpc) is 2.61. The molecule has 24 heavy (non-hydrogen) atoms. The fourth-order valence-electron chi connectivity index (χ4n) is 2.99. The molecule has 0 radical (unpaired) electrons. The van der Waals surface area contributed by atoms with Gasteiger partial charge in [-0.2, -0.15) is 0 Å². The Labute approximate surface area is 152 Å². The molecule has 0 atom stereocenters. The summed E-state index contributed by atoms with van der Waals surface area (Å²) >= 11 is 8.04. The second kappa shape index (κ2) is 8.11. The molecule has 0 aliphatic carbocycles. The van der Waals surface area contributed by atoms with Crippen LogP contribution in [0.25, 0.3) is 20.2 Å². The topological polar surface area (TPSA) is 15.6 Å². The molecule has 3 aromatic rings. The van der Waals surface area contributed by atoms with E-state index in [1.807, 2.05) is 12.1 Å². The van der Waals surface area contributed by atoms with E-state index in [4.69, 9.17) is 16.6 Å². The second-order valence-corrected chi connectivity index (χ2v) is 7.37. The fourth-order valence-corrected chi connectivity index (χ4v) is 4.22. The monoisotopic (exact) mass is 358 g/mol. The Morgan fingerprint density at radius 2 is 1.75 bits per heavy atom. The van der Waals surface area contributed by atoms with E-state index in [2.05, 4.69) is 49.1 Å². The second-order valence-electron chi connectivity index (χ2n) is 5.85. The third kappa shape index (κ3) is 3.80. The number of nitrogens with zero attached hydrogens (tertiary/aromatic N) is 2. The van der Waals surface area contributed by atoms with Gasteiger partial charge in [-0.1, -0.05) is 43.6 Å². The van der Waals surface area contributed by atoms with E-state index in [1.165, 1.54) is 14.8 Å². The van der Waals surface area contributed by atoms with Crippen LogP contribution in [0.2, 0.25) is 5.02 Å². The predicted octanol–water partition coefficient (Wildman–Crippen LogP) is 5.34. The lowest BCUT2D eigenvalue weighted by Crippen LogP contribution is -2.24.